The lowest BCUT2D eigenvalue weighted by molar-refractivity contribution is -0.131. The smallest absolute Gasteiger partial charge is 0.260 e. The van der Waals surface area contributed by atoms with Crippen molar-refractivity contribution in [3.63, 3.8) is 0 Å². The van der Waals surface area contributed by atoms with Crippen LogP contribution >= 0.6 is 0 Å². The maximum absolute atomic E-state index is 15.3. The Hall–Kier alpha value is -3.97. The average molecular weight is 524 g/mol. The number of amides is 1. The Morgan fingerprint density at radius 3 is 2.86 bits per heavy atom. The van der Waals surface area contributed by atoms with Gasteiger partial charge in [0.05, 0.1) is 37.0 Å². The number of nitrogens with zero attached hydrogens (tertiary/aromatic N) is 7. The number of piperidine rings is 1. The van der Waals surface area contributed by atoms with Crippen LogP contribution in [0.1, 0.15) is 30.4 Å². The lowest BCUT2D eigenvalue weighted by atomic mass is 10.0. The molecule has 14 heteroatoms. The Labute approximate surface area is 212 Å². The van der Waals surface area contributed by atoms with Crippen molar-refractivity contribution >= 4 is 28.4 Å². The number of benzene rings is 1. The molecule has 4 aromatic rings. The van der Waals surface area contributed by atoms with Crippen molar-refractivity contribution in [2.45, 2.75) is 44.9 Å². The topological polar surface area (TPSA) is 102 Å². The molecule has 10 nitrogen and oxygen atoms in total. The Bertz CT molecular complexity index is 1580. The van der Waals surface area contributed by atoms with Crippen molar-refractivity contribution in [1.82, 2.24) is 34.5 Å². The summed E-state index contributed by atoms with van der Waals surface area (Å²) in [5, 5.41) is 14.8. The molecule has 1 N–H and O–H groups in total. The third-order valence-electron chi connectivity index (χ3n) is 6.40. The monoisotopic (exact) mass is 523 g/mol. The molecule has 0 radical (unpaired) electrons. The maximum Gasteiger partial charge on any atom is 0.260 e. The van der Waals surface area contributed by atoms with Crippen molar-refractivity contribution in [2.75, 3.05) is 25.5 Å². The summed E-state index contributed by atoms with van der Waals surface area (Å²) in [6.07, 6.45) is -3.16. The van der Waals surface area contributed by atoms with E-state index in [-0.39, 0.29) is 41.4 Å². The number of carbonyl (C=O) groups is 1. The molecule has 1 aromatic carbocycles. The molecule has 1 aliphatic rings. The predicted molar refractivity (Wildman–Crippen MR) is 126 cm³/mol. The third-order valence-corrected chi connectivity index (χ3v) is 6.40. The van der Waals surface area contributed by atoms with Crippen LogP contribution in [0.15, 0.2) is 24.4 Å². The highest BCUT2D eigenvalue weighted by atomic mass is 19.3. The molecule has 4 heterocycles. The van der Waals surface area contributed by atoms with Crippen LogP contribution in [-0.2, 0) is 4.79 Å². The normalized spacial score (nSPS) is 20.6. The molecule has 0 aliphatic carbocycles. The van der Waals surface area contributed by atoms with Crippen LogP contribution in [0.2, 0.25) is 0 Å². The lowest BCUT2D eigenvalue weighted by Crippen LogP contribution is -2.49. The van der Waals surface area contributed by atoms with Gasteiger partial charge in [-0.1, -0.05) is 11.3 Å². The summed E-state index contributed by atoms with van der Waals surface area (Å²) in [4.78, 5) is 17.2. The van der Waals surface area contributed by atoms with Gasteiger partial charge < -0.3 is 15.0 Å². The number of ether oxygens (including phenoxy) is 1. The summed E-state index contributed by atoms with van der Waals surface area (Å²) in [5.74, 6) is -1.96. The van der Waals surface area contributed by atoms with E-state index in [0.29, 0.717) is 11.1 Å². The lowest BCUT2D eigenvalue weighted by Gasteiger charge is -2.34. The molecular weight excluding hydrogens is 496 g/mol. The number of carbonyl (C=O) groups excluding carboxylic acids is 1. The van der Waals surface area contributed by atoms with Gasteiger partial charge in [-0.2, -0.15) is 4.98 Å². The molecule has 3 atom stereocenters. The van der Waals surface area contributed by atoms with E-state index in [4.69, 9.17) is 8.85 Å². The van der Waals surface area contributed by atoms with E-state index in [0.717, 1.165) is 15.8 Å². The summed E-state index contributed by atoms with van der Waals surface area (Å²) < 4.78 is 86.3. The Kier molecular flexibility index (Phi) is 5.42. The first-order valence-corrected chi connectivity index (χ1v) is 11.4. The van der Waals surface area contributed by atoms with Gasteiger partial charge in [-0.3, -0.25) is 4.79 Å². The molecule has 0 spiro atoms. The molecule has 0 unspecified atom stereocenters. The molecule has 0 bridgehead atoms. The van der Waals surface area contributed by atoms with E-state index in [1.54, 1.807) is 6.07 Å². The highest BCUT2D eigenvalue weighted by Crippen LogP contribution is 2.36. The minimum atomic E-state index is -2.86. The zero-order valence-electron chi connectivity index (χ0n) is 22.7. The molecule has 1 aliphatic heterocycles. The van der Waals surface area contributed by atoms with Gasteiger partial charge in [-0.05, 0) is 31.0 Å². The number of aromatic nitrogens is 6. The van der Waals surface area contributed by atoms with Crippen LogP contribution < -0.4 is 10.1 Å². The van der Waals surface area contributed by atoms with Crippen LogP contribution in [0.5, 0.6) is 5.88 Å². The summed E-state index contributed by atoms with van der Waals surface area (Å²) in [6.45, 7) is -1.98. The second-order valence-corrected chi connectivity index (χ2v) is 8.71. The fourth-order valence-corrected chi connectivity index (χ4v) is 4.42. The molecule has 37 heavy (non-hydrogen) atoms. The number of rotatable bonds is 6. The highest BCUT2D eigenvalue weighted by Gasteiger charge is 2.31. The number of hydrogen-bond acceptors (Lipinski definition) is 7. The van der Waals surface area contributed by atoms with Gasteiger partial charge in [-0.25, -0.2) is 26.8 Å². The number of fused-ring (bicyclic) bond motifs is 2. The summed E-state index contributed by atoms with van der Waals surface area (Å²) in [6, 6.07) is 2.46. The highest BCUT2D eigenvalue weighted by molar-refractivity contribution is 5.89. The van der Waals surface area contributed by atoms with Crippen LogP contribution in [0.3, 0.4) is 0 Å². The van der Waals surface area contributed by atoms with Gasteiger partial charge in [0.2, 0.25) is 17.7 Å². The van der Waals surface area contributed by atoms with Crippen LogP contribution in [0.4, 0.5) is 23.5 Å². The molecule has 1 saturated heterocycles. The molecule has 1 fully saturated rings. The zero-order valence-corrected chi connectivity index (χ0v) is 19.7. The fourth-order valence-electron chi connectivity index (χ4n) is 4.42. The minimum Gasteiger partial charge on any atom is -0.479 e. The van der Waals surface area contributed by atoms with E-state index >= 15 is 4.39 Å². The minimum absolute atomic E-state index is 0.00901. The largest absolute Gasteiger partial charge is 0.479 e. The summed E-state index contributed by atoms with van der Waals surface area (Å²) in [5.41, 5.74) is 1.13. The van der Waals surface area contributed by atoms with Crippen molar-refractivity contribution < 1.29 is 31.2 Å². The standard InChI is InChI=1S/C23H24F4N8O2/c1-11(21(26)27)35-18-8-13(4-5-17(18)30-32-35)19-15(25)10-34-20(19)22(37-3)29-23(31-34)28-16-6-7-33(12(2)36)9-14(16)24/h4-5,8,10-11,14,16,21H,6-7,9H2,1-3H3,(H,28,31)/t11-,14+,16-/m0/s1/i2D3. The molecular formula is C23H24F4N8O2. The number of hydrogen-bond donors (Lipinski definition) is 1. The van der Waals surface area contributed by atoms with E-state index in [1.165, 1.54) is 30.7 Å². The Morgan fingerprint density at radius 2 is 2.16 bits per heavy atom. The quantitative estimate of drug-likeness (QED) is 0.386. The van der Waals surface area contributed by atoms with Gasteiger partial charge in [0, 0.05) is 17.5 Å². The zero-order chi connectivity index (χ0) is 28.9. The first kappa shape index (κ1) is 21.1. The van der Waals surface area contributed by atoms with Crippen LogP contribution in [0, 0.1) is 5.82 Å². The number of nitrogens with one attached hydrogen (secondary N) is 1. The number of anilines is 1. The van der Waals surface area contributed by atoms with Gasteiger partial charge in [0.1, 0.15) is 23.2 Å². The van der Waals surface area contributed by atoms with E-state index in [9.17, 15) is 18.0 Å². The van der Waals surface area contributed by atoms with E-state index in [1.807, 2.05) is 0 Å². The number of halogens is 4. The van der Waals surface area contributed by atoms with Gasteiger partial charge >= 0.3 is 0 Å². The van der Waals surface area contributed by atoms with Crippen molar-refractivity contribution in [3.8, 4) is 17.0 Å². The van der Waals surface area contributed by atoms with Crippen LogP contribution in [-0.4, -0.2) is 79.2 Å². The van der Waals surface area contributed by atoms with Crippen molar-refractivity contribution in [3.05, 3.63) is 30.2 Å². The molecule has 1 amide bonds. The van der Waals surface area contributed by atoms with Gasteiger partial charge in [0.25, 0.3) is 6.43 Å². The Morgan fingerprint density at radius 1 is 1.35 bits per heavy atom. The molecule has 3 aromatic heterocycles. The third kappa shape index (κ3) is 4.40. The first-order chi connectivity index (χ1) is 18.9. The van der Waals surface area contributed by atoms with E-state index < -0.39 is 49.8 Å². The van der Waals surface area contributed by atoms with Crippen molar-refractivity contribution in [2.24, 2.45) is 0 Å². The number of alkyl halides is 3. The summed E-state index contributed by atoms with van der Waals surface area (Å²) >= 11 is 0. The predicted octanol–water partition coefficient (Wildman–Crippen LogP) is 3.49. The molecule has 196 valence electrons. The maximum atomic E-state index is 15.3. The average Bonchev–Trinajstić information content (AvgIpc) is 3.47. The summed E-state index contributed by atoms with van der Waals surface area (Å²) in [7, 11) is 1.31. The van der Waals surface area contributed by atoms with Gasteiger partial charge in [0.15, 0.2) is 5.82 Å². The number of likely N-dealkylation sites (tertiary alicyclic amines) is 1. The van der Waals surface area contributed by atoms with Gasteiger partial charge in [-0.15, -0.1) is 10.2 Å². The van der Waals surface area contributed by atoms with Crippen molar-refractivity contribution in [1.29, 1.82) is 0 Å². The second-order valence-electron chi connectivity index (χ2n) is 8.71. The second kappa shape index (κ2) is 9.48. The molecule has 5 rings (SSSR count). The fraction of sp³-hybridized carbons (Fsp3) is 0.435. The SMILES string of the molecule is [2H]C([2H])([2H])C(=O)N1CC[C@H](Nc2nc(OC)c3c(-c4ccc5nnn([C@@H](C)C(F)F)c5c4)c(F)cn3n2)[C@H](F)C1. The Balaban J connectivity index is 1.46. The first-order valence-electron chi connectivity index (χ1n) is 12.9. The molecule has 0 saturated carbocycles. The number of methoxy groups -OCH3 is 1. The van der Waals surface area contributed by atoms with Crippen LogP contribution in [0.25, 0.3) is 27.7 Å². The van der Waals surface area contributed by atoms with E-state index in [2.05, 4.69) is 25.7 Å².